The molecule has 4 atom stereocenters. The first-order valence-electron chi connectivity index (χ1n) is 8.51. The molecular formula is C20H24O2. The Labute approximate surface area is 132 Å². The maximum absolute atomic E-state index is 12.5. The summed E-state index contributed by atoms with van der Waals surface area (Å²) in [6.45, 7) is 2.21. The van der Waals surface area contributed by atoms with Crippen LogP contribution in [-0.4, -0.2) is 12.9 Å². The van der Waals surface area contributed by atoms with E-state index in [0.717, 1.165) is 31.4 Å². The quantitative estimate of drug-likeness (QED) is 0.773. The van der Waals surface area contributed by atoms with E-state index in [9.17, 15) is 4.79 Å². The molecule has 2 heteroatoms. The average molecular weight is 296 g/mol. The van der Waals surface area contributed by atoms with Gasteiger partial charge in [0.05, 0.1) is 7.11 Å². The highest BCUT2D eigenvalue weighted by Gasteiger charge is 2.51. The summed E-state index contributed by atoms with van der Waals surface area (Å²) < 4.78 is 5.38. The summed E-state index contributed by atoms with van der Waals surface area (Å²) in [5.41, 5.74) is 2.86. The van der Waals surface area contributed by atoms with Crippen molar-refractivity contribution in [2.24, 2.45) is 17.3 Å². The summed E-state index contributed by atoms with van der Waals surface area (Å²) in [5.74, 6) is 3.15. The summed E-state index contributed by atoms with van der Waals surface area (Å²) in [4.78, 5) is 12.5. The van der Waals surface area contributed by atoms with Crippen molar-refractivity contribution < 1.29 is 9.53 Å². The second-order valence-electron chi connectivity index (χ2n) is 7.44. The minimum atomic E-state index is -0.111. The van der Waals surface area contributed by atoms with Crippen molar-refractivity contribution in [2.75, 3.05) is 7.11 Å². The maximum atomic E-state index is 12.5. The van der Waals surface area contributed by atoms with Gasteiger partial charge in [-0.2, -0.15) is 0 Å². The molecule has 3 aliphatic carbocycles. The van der Waals surface area contributed by atoms with Crippen LogP contribution in [0.2, 0.25) is 0 Å². The number of hydrogen-bond acceptors (Lipinski definition) is 2. The van der Waals surface area contributed by atoms with Gasteiger partial charge in [-0.25, -0.2) is 0 Å². The molecule has 1 aromatic carbocycles. The zero-order valence-corrected chi connectivity index (χ0v) is 13.5. The van der Waals surface area contributed by atoms with E-state index >= 15 is 0 Å². The molecule has 0 saturated heterocycles. The van der Waals surface area contributed by atoms with Gasteiger partial charge in [0.2, 0.25) is 0 Å². The van der Waals surface area contributed by atoms with Gasteiger partial charge in [0.15, 0.2) is 5.78 Å². The minimum Gasteiger partial charge on any atom is -0.497 e. The normalized spacial score (nSPS) is 36.3. The Kier molecular flexibility index (Phi) is 3.18. The van der Waals surface area contributed by atoms with E-state index in [2.05, 4.69) is 31.2 Å². The summed E-state index contributed by atoms with van der Waals surface area (Å²) in [6.07, 6.45) is 9.54. The average Bonchev–Trinajstić information content (AvgIpc) is 2.55. The molecule has 2 nitrogen and oxygen atoms in total. The van der Waals surface area contributed by atoms with Crippen molar-refractivity contribution in [2.45, 2.75) is 44.9 Å². The molecule has 22 heavy (non-hydrogen) atoms. The van der Waals surface area contributed by atoms with E-state index in [0.29, 0.717) is 23.5 Å². The van der Waals surface area contributed by atoms with Crippen LogP contribution in [0.4, 0.5) is 0 Å². The van der Waals surface area contributed by atoms with Gasteiger partial charge in [0, 0.05) is 5.41 Å². The number of methoxy groups -OCH3 is 1. The SMILES string of the molecule is COc1ccc2c(c1)CC[C@@H]1[C@@H]2CC[C@]2(C)C(=O)C=CC[C@@H]12. The molecule has 0 unspecified atom stereocenters. The summed E-state index contributed by atoms with van der Waals surface area (Å²) in [7, 11) is 1.74. The molecule has 116 valence electrons. The molecule has 0 spiro atoms. The molecule has 0 bridgehead atoms. The third-order valence-corrected chi connectivity index (χ3v) is 6.55. The lowest BCUT2D eigenvalue weighted by Crippen LogP contribution is -2.47. The molecule has 0 amide bonds. The Bertz CT molecular complexity index is 645. The van der Waals surface area contributed by atoms with Gasteiger partial charge in [-0.1, -0.05) is 19.1 Å². The first-order valence-corrected chi connectivity index (χ1v) is 8.51. The van der Waals surface area contributed by atoms with Gasteiger partial charge < -0.3 is 4.74 Å². The van der Waals surface area contributed by atoms with Crippen molar-refractivity contribution in [3.8, 4) is 5.75 Å². The monoisotopic (exact) mass is 296 g/mol. The van der Waals surface area contributed by atoms with Crippen LogP contribution in [0.1, 0.15) is 49.7 Å². The van der Waals surface area contributed by atoms with Crippen molar-refractivity contribution in [1.82, 2.24) is 0 Å². The Hall–Kier alpha value is -1.57. The van der Waals surface area contributed by atoms with E-state index in [1.165, 1.54) is 17.5 Å². The van der Waals surface area contributed by atoms with Crippen LogP contribution >= 0.6 is 0 Å². The Morgan fingerprint density at radius 2 is 2.14 bits per heavy atom. The fraction of sp³-hybridized carbons (Fsp3) is 0.550. The number of carbonyl (C=O) groups is 1. The van der Waals surface area contributed by atoms with Crippen LogP contribution in [0.5, 0.6) is 5.75 Å². The first-order chi connectivity index (χ1) is 10.6. The number of carbonyl (C=O) groups excluding carboxylic acids is 1. The van der Waals surface area contributed by atoms with Gasteiger partial charge in [0.1, 0.15) is 5.75 Å². The van der Waals surface area contributed by atoms with Crippen LogP contribution in [0.25, 0.3) is 0 Å². The Balaban J connectivity index is 1.71. The fourth-order valence-electron chi connectivity index (χ4n) is 5.26. The molecule has 0 heterocycles. The number of aryl methyl sites for hydroxylation is 1. The molecule has 0 aliphatic heterocycles. The number of hydrogen-bond donors (Lipinski definition) is 0. The second kappa shape index (κ2) is 4.97. The van der Waals surface area contributed by atoms with Gasteiger partial charge >= 0.3 is 0 Å². The van der Waals surface area contributed by atoms with Crippen molar-refractivity contribution in [3.05, 3.63) is 41.5 Å². The lowest BCUT2D eigenvalue weighted by Gasteiger charge is -2.52. The molecule has 4 rings (SSSR count). The molecule has 0 aromatic heterocycles. The van der Waals surface area contributed by atoms with Crippen LogP contribution in [0, 0.1) is 17.3 Å². The van der Waals surface area contributed by atoms with E-state index in [-0.39, 0.29) is 5.41 Å². The highest BCUT2D eigenvalue weighted by molar-refractivity contribution is 5.95. The summed E-state index contributed by atoms with van der Waals surface area (Å²) in [5, 5.41) is 0. The molecule has 0 radical (unpaired) electrons. The predicted octanol–water partition coefficient (Wildman–Crippen LogP) is 4.29. The van der Waals surface area contributed by atoms with Crippen molar-refractivity contribution in [1.29, 1.82) is 0 Å². The highest BCUT2D eigenvalue weighted by Crippen LogP contribution is 2.57. The molecule has 1 saturated carbocycles. The number of ether oxygens (including phenoxy) is 1. The predicted molar refractivity (Wildman–Crippen MR) is 87.1 cm³/mol. The number of benzene rings is 1. The summed E-state index contributed by atoms with van der Waals surface area (Å²) in [6, 6.07) is 6.58. The van der Waals surface area contributed by atoms with Crippen molar-refractivity contribution in [3.63, 3.8) is 0 Å². The third-order valence-electron chi connectivity index (χ3n) is 6.55. The smallest absolute Gasteiger partial charge is 0.161 e. The molecule has 0 N–H and O–H groups in total. The molecule has 3 aliphatic rings. The van der Waals surface area contributed by atoms with E-state index in [1.807, 2.05) is 6.08 Å². The maximum Gasteiger partial charge on any atom is 0.161 e. The van der Waals surface area contributed by atoms with Gasteiger partial charge in [0.25, 0.3) is 0 Å². The topological polar surface area (TPSA) is 26.3 Å². The largest absolute Gasteiger partial charge is 0.497 e. The lowest BCUT2D eigenvalue weighted by molar-refractivity contribution is -0.131. The fourth-order valence-corrected chi connectivity index (χ4v) is 5.26. The van der Waals surface area contributed by atoms with E-state index in [1.54, 1.807) is 7.11 Å². The number of allylic oxidation sites excluding steroid dienone is 2. The molecule has 1 fully saturated rings. The second-order valence-corrected chi connectivity index (χ2v) is 7.44. The number of rotatable bonds is 1. The van der Waals surface area contributed by atoms with Crippen molar-refractivity contribution >= 4 is 5.78 Å². The van der Waals surface area contributed by atoms with Crippen LogP contribution in [0.15, 0.2) is 30.4 Å². The third kappa shape index (κ3) is 1.89. The highest BCUT2D eigenvalue weighted by atomic mass is 16.5. The van der Waals surface area contributed by atoms with Crippen LogP contribution < -0.4 is 4.74 Å². The minimum absolute atomic E-state index is 0.111. The molecular weight excluding hydrogens is 272 g/mol. The zero-order chi connectivity index (χ0) is 15.3. The number of fused-ring (bicyclic) bond motifs is 5. The summed E-state index contributed by atoms with van der Waals surface area (Å²) >= 11 is 0. The number of ketones is 1. The Morgan fingerprint density at radius 1 is 1.27 bits per heavy atom. The lowest BCUT2D eigenvalue weighted by atomic mass is 9.51. The standard InChI is InChI=1S/C20H24O2/c1-20-11-10-16-15-9-7-14(22-2)12-13(15)6-8-17(16)18(20)4-3-5-19(20)21/h3,5,7,9,12,16-18H,4,6,8,10-11H2,1-2H3/t16-,17-,18+,20+/m1/s1. The van der Waals surface area contributed by atoms with Crippen LogP contribution in [0.3, 0.4) is 0 Å². The Morgan fingerprint density at radius 3 is 2.95 bits per heavy atom. The first kappa shape index (κ1) is 14.0. The van der Waals surface area contributed by atoms with E-state index in [4.69, 9.17) is 4.74 Å². The zero-order valence-electron chi connectivity index (χ0n) is 13.5. The van der Waals surface area contributed by atoms with E-state index < -0.39 is 0 Å². The van der Waals surface area contributed by atoms with Crippen LogP contribution in [-0.2, 0) is 11.2 Å². The van der Waals surface area contributed by atoms with Gasteiger partial charge in [-0.15, -0.1) is 0 Å². The molecule has 1 aromatic rings. The van der Waals surface area contributed by atoms with Gasteiger partial charge in [-0.05, 0) is 79.2 Å². The van der Waals surface area contributed by atoms with Gasteiger partial charge in [-0.3, -0.25) is 4.79 Å².